The van der Waals surface area contributed by atoms with Gasteiger partial charge >= 0.3 is 0 Å². The molecule has 0 aliphatic heterocycles. The number of carbonyl (C=O) groups is 1. The summed E-state index contributed by atoms with van der Waals surface area (Å²) < 4.78 is 0. The van der Waals surface area contributed by atoms with E-state index in [1.54, 1.807) is 0 Å². The molecule has 0 spiro atoms. The van der Waals surface area contributed by atoms with Gasteiger partial charge in [0.1, 0.15) is 0 Å². The average Bonchev–Trinajstić information content (AvgIpc) is 1.94. The van der Waals surface area contributed by atoms with Gasteiger partial charge in [0.05, 0.1) is 0 Å². The van der Waals surface area contributed by atoms with Crippen LogP contribution in [-0.4, -0.2) is 5.91 Å². The minimum absolute atomic E-state index is 0.107. The second-order valence-corrected chi connectivity index (χ2v) is 3.90. The first-order valence-electron chi connectivity index (χ1n) is 4.40. The molecule has 0 aromatic carbocycles. The van der Waals surface area contributed by atoms with Crippen molar-refractivity contribution < 1.29 is 4.79 Å². The average molecular weight is 155 g/mol. The summed E-state index contributed by atoms with van der Waals surface area (Å²) in [5, 5.41) is 0. The van der Waals surface area contributed by atoms with Gasteiger partial charge in [-0.1, -0.05) is 20.3 Å². The smallest absolute Gasteiger partial charge is 0.220 e. The summed E-state index contributed by atoms with van der Waals surface area (Å²) in [5.74, 6) is 1.22. The molecule has 11 heavy (non-hydrogen) atoms. The van der Waals surface area contributed by atoms with Crippen molar-refractivity contribution in [3.63, 3.8) is 0 Å². The fourth-order valence-corrected chi connectivity index (χ4v) is 1.93. The third-order valence-electron chi connectivity index (χ3n) is 2.82. The molecule has 0 saturated heterocycles. The van der Waals surface area contributed by atoms with Crippen LogP contribution in [0.3, 0.4) is 0 Å². The first-order chi connectivity index (χ1) is 5.11. The summed E-state index contributed by atoms with van der Waals surface area (Å²) in [6, 6.07) is 0. The molecule has 1 aliphatic rings. The zero-order chi connectivity index (χ0) is 8.43. The van der Waals surface area contributed by atoms with Gasteiger partial charge in [0.2, 0.25) is 5.91 Å². The Labute approximate surface area is 68.2 Å². The molecule has 1 amide bonds. The Balaban J connectivity index is 2.54. The van der Waals surface area contributed by atoms with Gasteiger partial charge in [-0.2, -0.15) is 0 Å². The van der Waals surface area contributed by atoms with E-state index in [4.69, 9.17) is 5.73 Å². The highest BCUT2D eigenvalue weighted by Gasteiger charge is 2.28. The largest absolute Gasteiger partial charge is 0.369 e. The van der Waals surface area contributed by atoms with Crippen molar-refractivity contribution in [1.82, 2.24) is 0 Å². The predicted molar refractivity (Wildman–Crippen MR) is 44.9 cm³/mol. The molecule has 1 saturated carbocycles. The molecule has 0 heterocycles. The van der Waals surface area contributed by atoms with E-state index in [-0.39, 0.29) is 11.8 Å². The van der Waals surface area contributed by atoms with Gasteiger partial charge in [-0.15, -0.1) is 0 Å². The van der Waals surface area contributed by atoms with Gasteiger partial charge in [0.25, 0.3) is 0 Å². The summed E-state index contributed by atoms with van der Waals surface area (Å²) >= 11 is 0. The Kier molecular flexibility index (Phi) is 2.53. The van der Waals surface area contributed by atoms with E-state index in [0.29, 0.717) is 11.8 Å². The van der Waals surface area contributed by atoms with Gasteiger partial charge < -0.3 is 5.73 Å². The van der Waals surface area contributed by atoms with Gasteiger partial charge in [0, 0.05) is 5.92 Å². The molecule has 2 heteroatoms. The Morgan fingerprint density at radius 3 is 2.45 bits per heavy atom. The number of amides is 1. The van der Waals surface area contributed by atoms with E-state index in [1.807, 2.05) is 0 Å². The predicted octanol–water partition coefficient (Wildman–Crippen LogP) is 1.54. The highest BCUT2D eigenvalue weighted by atomic mass is 16.1. The van der Waals surface area contributed by atoms with Gasteiger partial charge in [0.15, 0.2) is 0 Å². The molecule has 1 rings (SSSR count). The highest BCUT2D eigenvalue weighted by Crippen LogP contribution is 2.32. The van der Waals surface area contributed by atoms with Crippen LogP contribution in [-0.2, 0) is 4.79 Å². The Morgan fingerprint density at radius 2 is 2.00 bits per heavy atom. The molecule has 0 aromatic heterocycles. The normalized spacial score (nSPS) is 38.5. The summed E-state index contributed by atoms with van der Waals surface area (Å²) in [6.45, 7) is 4.32. The van der Waals surface area contributed by atoms with Crippen LogP contribution < -0.4 is 5.73 Å². The van der Waals surface area contributed by atoms with E-state index in [2.05, 4.69) is 13.8 Å². The number of carbonyl (C=O) groups excluding carboxylic acids is 1. The van der Waals surface area contributed by atoms with Crippen LogP contribution in [0.4, 0.5) is 0 Å². The lowest BCUT2D eigenvalue weighted by atomic mass is 9.75. The van der Waals surface area contributed by atoms with Gasteiger partial charge in [-0.25, -0.2) is 0 Å². The zero-order valence-corrected chi connectivity index (χ0v) is 7.34. The number of primary amides is 1. The standard InChI is InChI=1S/C9H17NO/c1-6-3-4-7(2)8(5-6)9(10)11/h6-8H,3-5H2,1-2H3,(H2,10,11)/t6-,7-,8?/m1/s1. The SMILES string of the molecule is C[C@@H]1CC[C@@H](C)C(C(N)=O)C1. The monoisotopic (exact) mass is 155 g/mol. The minimum Gasteiger partial charge on any atom is -0.369 e. The molecule has 1 unspecified atom stereocenters. The number of nitrogens with two attached hydrogens (primary N) is 1. The molecule has 0 bridgehead atoms. The Morgan fingerprint density at radius 1 is 1.36 bits per heavy atom. The Hall–Kier alpha value is -0.530. The number of hydrogen-bond acceptors (Lipinski definition) is 1. The minimum atomic E-state index is -0.107. The van der Waals surface area contributed by atoms with Crippen molar-refractivity contribution >= 4 is 5.91 Å². The quantitative estimate of drug-likeness (QED) is 0.613. The van der Waals surface area contributed by atoms with Crippen molar-refractivity contribution in [3.8, 4) is 0 Å². The second kappa shape index (κ2) is 3.24. The van der Waals surface area contributed by atoms with E-state index >= 15 is 0 Å². The van der Waals surface area contributed by atoms with E-state index in [9.17, 15) is 4.79 Å². The molecule has 64 valence electrons. The first kappa shape index (κ1) is 8.57. The van der Waals surface area contributed by atoms with Crippen molar-refractivity contribution in [2.45, 2.75) is 33.1 Å². The van der Waals surface area contributed by atoms with Crippen molar-refractivity contribution in [2.75, 3.05) is 0 Å². The van der Waals surface area contributed by atoms with E-state index < -0.39 is 0 Å². The van der Waals surface area contributed by atoms with Crippen LogP contribution in [0.2, 0.25) is 0 Å². The topological polar surface area (TPSA) is 43.1 Å². The molecule has 3 atom stereocenters. The third-order valence-corrected chi connectivity index (χ3v) is 2.82. The van der Waals surface area contributed by atoms with Crippen LogP contribution in [0.25, 0.3) is 0 Å². The lowest BCUT2D eigenvalue weighted by Crippen LogP contribution is -2.33. The van der Waals surface area contributed by atoms with E-state index in [1.165, 1.54) is 6.42 Å². The fourth-order valence-electron chi connectivity index (χ4n) is 1.93. The highest BCUT2D eigenvalue weighted by molar-refractivity contribution is 5.77. The lowest BCUT2D eigenvalue weighted by molar-refractivity contribution is -0.124. The van der Waals surface area contributed by atoms with Crippen LogP contribution in [0.15, 0.2) is 0 Å². The molecule has 1 aliphatic carbocycles. The summed E-state index contributed by atoms with van der Waals surface area (Å²) in [7, 11) is 0. The van der Waals surface area contributed by atoms with Gasteiger partial charge in [-0.3, -0.25) is 4.79 Å². The van der Waals surface area contributed by atoms with Crippen molar-refractivity contribution in [1.29, 1.82) is 0 Å². The molecule has 2 nitrogen and oxygen atoms in total. The summed E-state index contributed by atoms with van der Waals surface area (Å²) in [6.07, 6.45) is 3.41. The fraction of sp³-hybridized carbons (Fsp3) is 0.889. The zero-order valence-electron chi connectivity index (χ0n) is 7.34. The lowest BCUT2D eigenvalue weighted by Gasteiger charge is -2.30. The maximum atomic E-state index is 10.9. The number of rotatable bonds is 1. The van der Waals surface area contributed by atoms with Crippen LogP contribution in [0.1, 0.15) is 33.1 Å². The third kappa shape index (κ3) is 1.95. The second-order valence-electron chi connectivity index (χ2n) is 3.90. The maximum Gasteiger partial charge on any atom is 0.220 e. The van der Waals surface area contributed by atoms with E-state index in [0.717, 1.165) is 12.8 Å². The molecular formula is C9H17NO. The Bertz CT molecular complexity index is 156. The van der Waals surface area contributed by atoms with Crippen molar-refractivity contribution in [3.05, 3.63) is 0 Å². The summed E-state index contributed by atoms with van der Waals surface area (Å²) in [4.78, 5) is 10.9. The molecule has 2 N–H and O–H groups in total. The molecule has 0 aromatic rings. The van der Waals surface area contributed by atoms with Crippen LogP contribution in [0.5, 0.6) is 0 Å². The van der Waals surface area contributed by atoms with Crippen LogP contribution >= 0.6 is 0 Å². The molecular weight excluding hydrogens is 138 g/mol. The van der Waals surface area contributed by atoms with Crippen molar-refractivity contribution in [2.24, 2.45) is 23.5 Å². The maximum absolute atomic E-state index is 10.9. The summed E-state index contributed by atoms with van der Waals surface area (Å²) in [5.41, 5.74) is 5.28. The first-order valence-corrected chi connectivity index (χ1v) is 4.40. The molecule has 1 fully saturated rings. The van der Waals surface area contributed by atoms with Crippen LogP contribution in [0, 0.1) is 17.8 Å². The van der Waals surface area contributed by atoms with Gasteiger partial charge in [-0.05, 0) is 24.7 Å². The molecule has 0 radical (unpaired) electrons. The number of hydrogen-bond donors (Lipinski definition) is 1.